The lowest BCUT2D eigenvalue weighted by atomic mass is 9.91. The van der Waals surface area contributed by atoms with Crippen molar-refractivity contribution in [3.05, 3.63) is 59.2 Å². The number of halogens is 3. The Bertz CT molecular complexity index is 875. The van der Waals surface area contributed by atoms with Crippen LogP contribution >= 0.6 is 0 Å². The summed E-state index contributed by atoms with van der Waals surface area (Å²) in [4.78, 5) is 11.2. The Labute approximate surface area is 148 Å². The van der Waals surface area contributed by atoms with Gasteiger partial charge in [-0.15, -0.1) is 0 Å². The highest BCUT2D eigenvalue weighted by Gasteiger charge is 2.35. The predicted molar refractivity (Wildman–Crippen MR) is 91.9 cm³/mol. The average Bonchev–Trinajstić information content (AvgIpc) is 2.60. The monoisotopic (exact) mass is 362 g/mol. The third-order valence-corrected chi connectivity index (χ3v) is 4.25. The number of carbonyl (C=O) groups is 1. The Morgan fingerprint density at radius 3 is 2.54 bits per heavy atom. The Morgan fingerprint density at radius 2 is 1.88 bits per heavy atom. The molecule has 2 aromatic rings. The molecule has 0 radical (unpaired) electrons. The molecule has 1 aliphatic heterocycles. The highest BCUT2D eigenvalue weighted by Crippen LogP contribution is 2.39. The smallest absolute Gasteiger partial charge is 0.428 e. The van der Waals surface area contributed by atoms with E-state index in [1.54, 1.807) is 25.1 Å². The zero-order chi connectivity index (χ0) is 18.9. The highest BCUT2D eigenvalue weighted by atomic mass is 19.4. The van der Waals surface area contributed by atoms with Crippen LogP contribution in [0.2, 0.25) is 0 Å². The first-order valence-corrected chi connectivity index (χ1v) is 8.15. The Balaban J connectivity index is 2.15. The van der Waals surface area contributed by atoms with Crippen LogP contribution < -0.4 is 5.43 Å². The maximum absolute atomic E-state index is 13.7. The number of rotatable bonds is 3. The van der Waals surface area contributed by atoms with Gasteiger partial charge in [-0.1, -0.05) is 43.3 Å². The number of ether oxygens (including phenoxy) is 1. The molecule has 0 unspecified atom stereocenters. The van der Waals surface area contributed by atoms with Gasteiger partial charge >= 0.3 is 12.3 Å². The van der Waals surface area contributed by atoms with E-state index in [1.165, 1.54) is 6.07 Å². The number of carbonyl (C=O) groups excluding carboxylic acids is 1. The van der Waals surface area contributed by atoms with E-state index in [2.05, 4.69) is 10.5 Å². The maximum atomic E-state index is 13.7. The molecule has 1 aliphatic rings. The predicted octanol–water partition coefficient (Wildman–Crippen LogP) is 4.77. The minimum atomic E-state index is -4.53. The molecule has 4 nitrogen and oxygen atoms in total. The molecule has 26 heavy (non-hydrogen) atoms. The van der Waals surface area contributed by atoms with Crippen molar-refractivity contribution in [2.75, 3.05) is 0 Å². The van der Waals surface area contributed by atoms with Crippen LogP contribution in [0.25, 0.3) is 11.1 Å². The number of nitrogens with zero attached hydrogens (tertiary/aromatic N) is 1. The number of hydrogen-bond acceptors (Lipinski definition) is 3. The van der Waals surface area contributed by atoms with Gasteiger partial charge < -0.3 is 4.74 Å². The normalized spacial score (nSPS) is 17.3. The van der Waals surface area contributed by atoms with Gasteiger partial charge in [-0.3, -0.25) is 0 Å². The Hall–Kier alpha value is -2.83. The number of nitrogens with one attached hydrogen (secondary N) is 1. The summed E-state index contributed by atoms with van der Waals surface area (Å²) in [6.07, 6.45) is -5.38. The fourth-order valence-corrected chi connectivity index (χ4v) is 3.00. The molecule has 1 atom stereocenters. The third kappa shape index (κ3) is 3.42. The number of amides is 1. The van der Waals surface area contributed by atoms with E-state index in [0.717, 1.165) is 11.6 Å². The number of cyclic esters (lactones) is 1. The van der Waals surface area contributed by atoms with Crippen molar-refractivity contribution in [3.8, 4) is 11.1 Å². The summed E-state index contributed by atoms with van der Waals surface area (Å²) < 4.78 is 46.2. The number of aryl methyl sites for hydroxylation is 1. The van der Waals surface area contributed by atoms with E-state index in [-0.39, 0.29) is 16.8 Å². The first kappa shape index (κ1) is 18.0. The fraction of sp³-hybridized carbons (Fsp3) is 0.263. The zero-order valence-electron chi connectivity index (χ0n) is 14.2. The number of hydrazone groups is 1. The van der Waals surface area contributed by atoms with Crippen LogP contribution in [0.5, 0.6) is 0 Å². The molecule has 3 rings (SSSR count). The van der Waals surface area contributed by atoms with Gasteiger partial charge in [0.15, 0.2) is 0 Å². The van der Waals surface area contributed by atoms with E-state index < -0.39 is 23.9 Å². The molecule has 0 aliphatic carbocycles. The van der Waals surface area contributed by atoms with Gasteiger partial charge in [-0.05, 0) is 36.1 Å². The molecule has 1 heterocycles. The van der Waals surface area contributed by atoms with Gasteiger partial charge in [0.1, 0.15) is 11.8 Å². The van der Waals surface area contributed by atoms with Crippen molar-refractivity contribution < 1.29 is 22.7 Å². The van der Waals surface area contributed by atoms with E-state index in [1.807, 2.05) is 19.1 Å². The quantitative estimate of drug-likeness (QED) is 0.855. The number of benzene rings is 2. The van der Waals surface area contributed by atoms with Crippen molar-refractivity contribution in [2.45, 2.75) is 32.5 Å². The summed E-state index contributed by atoms with van der Waals surface area (Å²) >= 11 is 0. The molecule has 0 spiro atoms. The lowest BCUT2D eigenvalue weighted by Gasteiger charge is -2.22. The summed E-state index contributed by atoms with van der Waals surface area (Å²) in [5.74, 6) is 0. The van der Waals surface area contributed by atoms with Crippen LogP contribution in [0.1, 0.15) is 30.5 Å². The van der Waals surface area contributed by atoms with Gasteiger partial charge in [0.05, 0.1) is 5.56 Å². The summed E-state index contributed by atoms with van der Waals surface area (Å²) in [5, 5.41) is 3.85. The first-order valence-electron chi connectivity index (χ1n) is 8.15. The summed E-state index contributed by atoms with van der Waals surface area (Å²) in [5.41, 5.74) is 3.38. The minimum absolute atomic E-state index is 0.118. The van der Waals surface area contributed by atoms with Crippen LogP contribution in [0, 0.1) is 0 Å². The van der Waals surface area contributed by atoms with Crippen LogP contribution in [0.3, 0.4) is 0 Å². The molecule has 0 fully saturated rings. The zero-order valence-corrected chi connectivity index (χ0v) is 14.2. The standard InChI is InChI=1S/C19H17F3N2O2/c1-3-12-6-4-5-7-14(12)15-9-8-13(10-16(15)19(20,21)22)17-11(2)26-18(25)24-23-17/h4-11H,3H2,1-2H3,(H,24,25)/t11-/m0/s1. The second kappa shape index (κ2) is 6.82. The lowest BCUT2D eigenvalue weighted by Crippen LogP contribution is -2.37. The van der Waals surface area contributed by atoms with Crippen molar-refractivity contribution in [1.29, 1.82) is 0 Å². The minimum Gasteiger partial charge on any atom is -0.439 e. The second-order valence-electron chi connectivity index (χ2n) is 5.93. The molecule has 1 amide bonds. The molecular formula is C19H17F3N2O2. The van der Waals surface area contributed by atoms with Crippen molar-refractivity contribution >= 4 is 11.8 Å². The summed E-state index contributed by atoms with van der Waals surface area (Å²) in [6, 6.07) is 11.1. The van der Waals surface area contributed by atoms with Gasteiger partial charge in [-0.25, -0.2) is 10.2 Å². The van der Waals surface area contributed by atoms with Gasteiger partial charge in [0, 0.05) is 5.56 Å². The highest BCUT2D eigenvalue weighted by molar-refractivity contribution is 6.06. The maximum Gasteiger partial charge on any atom is 0.428 e. The third-order valence-electron chi connectivity index (χ3n) is 4.25. The SMILES string of the molecule is CCc1ccccc1-c1ccc(C2=NNC(=O)O[C@H]2C)cc1C(F)(F)F. The molecule has 0 bridgehead atoms. The topological polar surface area (TPSA) is 50.7 Å². The molecule has 2 aromatic carbocycles. The van der Waals surface area contributed by atoms with Gasteiger partial charge in [0.25, 0.3) is 0 Å². The van der Waals surface area contributed by atoms with Crippen LogP contribution in [-0.4, -0.2) is 17.9 Å². The van der Waals surface area contributed by atoms with E-state index in [0.29, 0.717) is 12.0 Å². The number of hydrogen-bond donors (Lipinski definition) is 1. The van der Waals surface area contributed by atoms with Crippen LogP contribution in [0.15, 0.2) is 47.6 Å². The van der Waals surface area contributed by atoms with E-state index in [4.69, 9.17) is 4.74 Å². The second-order valence-corrected chi connectivity index (χ2v) is 5.93. The molecule has 0 saturated heterocycles. The molecule has 0 aromatic heterocycles. The van der Waals surface area contributed by atoms with Crippen molar-refractivity contribution in [1.82, 2.24) is 5.43 Å². The summed E-state index contributed by atoms with van der Waals surface area (Å²) in [7, 11) is 0. The molecule has 1 N–H and O–H groups in total. The molecule has 136 valence electrons. The first-order chi connectivity index (χ1) is 12.3. The fourth-order valence-electron chi connectivity index (χ4n) is 3.00. The van der Waals surface area contributed by atoms with Crippen LogP contribution in [-0.2, 0) is 17.3 Å². The lowest BCUT2D eigenvalue weighted by molar-refractivity contribution is -0.137. The van der Waals surface area contributed by atoms with E-state index in [9.17, 15) is 18.0 Å². The van der Waals surface area contributed by atoms with Crippen molar-refractivity contribution in [2.24, 2.45) is 5.10 Å². The van der Waals surface area contributed by atoms with Crippen molar-refractivity contribution in [3.63, 3.8) is 0 Å². The molecule has 0 saturated carbocycles. The van der Waals surface area contributed by atoms with Gasteiger partial charge in [-0.2, -0.15) is 18.3 Å². The Morgan fingerprint density at radius 1 is 1.15 bits per heavy atom. The Kier molecular flexibility index (Phi) is 4.71. The molecule has 7 heteroatoms. The summed E-state index contributed by atoms with van der Waals surface area (Å²) in [6.45, 7) is 3.46. The largest absolute Gasteiger partial charge is 0.439 e. The number of alkyl halides is 3. The average molecular weight is 362 g/mol. The molecular weight excluding hydrogens is 345 g/mol. The van der Waals surface area contributed by atoms with Gasteiger partial charge in [0.2, 0.25) is 0 Å². The van der Waals surface area contributed by atoms with Crippen LogP contribution in [0.4, 0.5) is 18.0 Å². The van der Waals surface area contributed by atoms with E-state index >= 15 is 0 Å².